The zero-order valence-corrected chi connectivity index (χ0v) is 10.8. The van der Waals surface area contributed by atoms with Gasteiger partial charge in [-0.25, -0.2) is 4.98 Å². The van der Waals surface area contributed by atoms with E-state index >= 15 is 0 Å². The third-order valence-electron chi connectivity index (χ3n) is 2.70. The van der Waals surface area contributed by atoms with E-state index in [4.69, 9.17) is 22.1 Å². The van der Waals surface area contributed by atoms with Crippen molar-refractivity contribution >= 4 is 22.5 Å². The second-order valence-corrected chi connectivity index (χ2v) is 4.28. The lowest BCUT2D eigenvalue weighted by Crippen LogP contribution is -2.28. The summed E-state index contributed by atoms with van der Waals surface area (Å²) in [6.07, 6.45) is 0. The minimum Gasteiger partial charge on any atom is -0.383 e. The topological polar surface area (TPSA) is 70.1 Å². The summed E-state index contributed by atoms with van der Waals surface area (Å²) < 4.78 is 6.51. The fraction of sp³-hybridized carbons (Fsp3) is 0.333. The average Bonchev–Trinajstić information content (AvgIpc) is 2.38. The van der Waals surface area contributed by atoms with Crippen molar-refractivity contribution in [2.24, 2.45) is 5.73 Å². The quantitative estimate of drug-likeness (QED) is 0.902. The fourth-order valence-corrected chi connectivity index (χ4v) is 1.98. The molecule has 2 N–H and O–H groups in total. The summed E-state index contributed by atoms with van der Waals surface area (Å²) in [4.78, 5) is 16.7. The van der Waals surface area contributed by atoms with E-state index in [1.165, 1.54) is 4.57 Å². The van der Waals surface area contributed by atoms with Gasteiger partial charge in [0.15, 0.2) is 0 Å². The monoisotopic (exact) mass is 267 g/mol. The van der Waals surface area contributed by atoms with Crippen LogP contribution < -0.4 is 11.3 Å². The van der Waals surface area contributed by atoms with E-state index in [-0.39, 0.29) is 12.1 Å². The first-order valence-electron chi connectivity index (χ1n) is 5.55. The highest BCUT2D eigenvalue weighted by Gasteiger charge is 2.10. The summed E-state index contributed by atoms with van der Waals surface area (Å²) in [7, 11) is 1.58. The number of nitrogens with two attached hydrogens (primary N) is 1. The Bertz CT molecular complexity index is 624. The van der Waals surface area contributed by atoms with Gasteiger partial charge in [0.25, 0.3) is 5.56 Å². The molecule has 18 heavy (non-hydrogen) atoms. The molecule has 1 aromatic carbocycles. The summed E-state index contributed by atoms with van der Waals surface area (Å²) in [5.41, 5.74) is 6.09. The van der Waals surface area contributed by atoms with Crippen LogP contribution in [0.5, 0.6) is 0 Å². The van der Waals surface area contributed by atoms with Crippen LogP contribution in [0.2, 0.25) is 5.02 Å². The SMILES string of the molecule is COCCn1c(CN)nc2ccc(Cl)cc2c1=O. The van der Waals surface area contributed by atoms with Gasteiger partial charge in [0, 0.05) is 12.1 Å². The van der Waals surface area contributed by atoms with Crippen molar-refractivity contribution in [3.63, 3.8) is 0 Å². The van der Waals surface area contributed by atoms with Crippen molar-refractivity contribution in [3.05, 3.63) is 39.4 Å². The van der Waals surface area contributed by atoms with Crippen LogP contribution in [0.1, 0.15) is 5.82 Å². The first-order valence-corrected chi connectivity index (χ1v) is 5.93. The van der Waals surface area contributed by atoms with E-state index in [0.29, 0.717) is 34.9 Å². The van der Waals surface area contributed by atoms with Gasteiger partial charge in [-0.2, -0.15) is 0 Å². The molecule has 1 heterocycles. The minimum absolute atomic E-state index is 0.139. The zero-order chi connectivity index (χ0) is 13.1. The van der Waals surface area contributed by atoms with Gasteiger partial charge in [-0.1, -0.05) is 11.6 Å². The molecule has 0 aliphatic rings. The first-order chi connectivity index (χ1) is 8.67. The molecule has 0 saturated heterocycles. The lowest BCUT2D eigenvalue weighted by Gasteiger charge is -2.11. The number of nitrogens with zero attached hydrogens (tertiary/aromatic N) is 2. The number of methoxy groups -OCH3 is 1. The van der Waals surface area contributed by atoms with Crippen LogP contribution in [0.4, 0.5) is 0 Å². The highest BCUT2D eigenvalue weighted by atomic mass is 35.5. The van der Waals surface area contributed by atoms with E-state index in [0.717, 1.165) is 0 Å². The predicted molar refractivity (Wildman–Crippen MR) is 70.8 cm³/mol. The normalized spacial score (nSPS) is 11.1. The van der Waals surface area contributed by atoms with Gasteiger partial charge in [0.1, 0.15) is 5.82 Å². The van der Waals surface area contributed by atoms with Crippen LogP contribution in [0.25, 0.3) is 10.9 Å². The smallest absolute Gasteiger partial charge is 0.261 e. The molecule has 0 fully saturated rings. The molecule has 0 spiro atoms. The minimum atomic E-state index is -0.139. The van der Waals surface area contributed by atoms with Gasteiger partial charge in [-0.15, -0.1) is 0 Å². The summed E-state index contributed by atoms with van der Waals surface area (Å²) >= 11 is 5.90. The van der Waals surface area contributed by atoms with Gasteiger partial charge < -0.3 is 10.5 Å². The van der Waals surface area contributed by atoms with Crippen molar-refractivity contribution in [1.29, 1.82) is 0 Å². The number of rotatable bonds is 4. The number of hydrogen-bond acceptors (Lipinski definition) is 4. The molecule has 0 amide bonds. The van der Waals surface area contributed by atoms with Crippen LogP contribution >= 0.6 is 11.6 Å². The number of fused-ring (bicyclic) bond motifs is 1. The van der Waals surface area contributed by atoms with Crippen LogP contribution in [-0.2, 0) is 17.8 Å². The number of aromatic nitrogens is 2. The molecule has 0 bridgehead atoms. The highest BCUT2D eigenvalue weighted by Crippen LogP contribution is 2.15. The van der Waals surface area contributed by atoms with Crippen molar-refractivity contribution in [2.75, 3.05) is 13.7 Å². The Morgan fingerprint density at radius 3 is 2.94 bits per heavy atom. The van der Waals surface area contributed by atoms with Gasteiger partial charge in [-0.05, 0) is 18.2 Å². The van der Waals surface area contributed by atoms with E-state index in [2.05, 4.69) is 4.98 Å². The van der Waals surface area contributed by atoms with E-state index in [9.17, 15) is 4.79 Å². The first kappa shape index (κ1) is 13.0. The largest absolute Gasteiger partial charge is 0.383 e. The Labute approximate surface area is 109 Å². The van der Waals surface area contributed by atoms with Crippen molar-refractivity contribution in [2.45, 2.75) is 13.1 Å². The molecule has 0 unspecified atom stereocenters. The van der Waals surface area contributed by atoms with E-state index in [1.807, 2.05) is 0 Å². The van der Waals surface area contributed by atoms with Gasteiger partial charge >= 0.3 is 0 Å². The maximum atomic E-state index is 12.3. The summed E-state index contributed by atoms with van der Waals surface area (Å²) in [6.45, 7) is 1.06. The predicted octanol–water partition coefficient (Wildman–Crippen LogP) is 1.16. The summed E-state index contributed by atoms with van der Waals surface area (Å²) in [5.74, 6) is 0.548. The molecule has 96 valence electrons. The van der Waals surface area contributed by atoms with Crippen LogP contribution in [0, 0.1) is 0 Å². The lowest BCUT2D eigenvalue weighted by molar-refractivity contribution is 0.185. The number of benzene rings is 1. The van der Waals surface area contributed by atoms with Crippen molar-refractivity contribution < 1.29 is 4.74 Å². The van der Waals surface area contributed by atoms with E-state index in [1.54, 1.807) is 25.3 Å². The average molecular weight is 268 g/mol. The summed E-state index contributed by atoms with van der Waals surface area (Å²) in [6, 6.07) is 5.05. The lowest BCUT2D eigenvalue weighted by atomic mass is 10.2. The summed E-state index contributed by atoms with van der Waals surface area (Å²) in [5, 5.41) is 1.01. The Morgan fingerprint density at radius 2 is 2.28 bits per heavy atom. The Kier molecular flexibility index (Phi) is 3.96. The molecule has 0 radical (unpaired) electrons. The van der Waals surface area contributed by atoms with Crippen LogP contribution in [-0.4, -0.2) is 23.3 Å². The van der Waals surface area contributed by atoms with Crippen molar-refractivity contribution in [3.8, 4) is 0 Å². The number of ether oxygens (including phenoxy) is 1. The molecule has 6 heteroatoms. The molecular formula is C12H14ClN3O2. The van der Waals surface area contributed by atoms with Crippen LogP contribution in [0.3, 0.4) is 0 Å². The second-order valence-electron chi connectivity index (χ2n) is 3.84. The molecule has 2 aromatic rings. The zero-order valence-electron chi connectivity index (χ0n) is 10.0. The van der Waals surface area contributed by atoms with Gasteiger partial charge in [0.05, 0.1) is 30.6 Å². The molecule has 0 saturated carbocycles. The molecule has 5 nitrogen and oxygen atoms in total. The van der Waals surface area contributed by atoms with E-state index < -0.39 is 0 Å². The Hall–Kier alpha value is -1.43. The van der Waals surface area contributed by atoms with Gasteiger partial charge in [-0.3, -0.25) is 9.36 Å². The standard InChI is InChI=1S/C12H14ClN3O2/c1-18-5-4-16-11(7-14)15-10-3-2-8(13)6-9(10)12(16)17/h2-3,6H,4-5,7,14H2,1H3. The number of hydrogen-bond donors (Lipinski definition) is 1. The molecule has 0 aliphatic heterocycles. The molecule has 1 aromatic heterocycles. The van der Waals surface area contributed by atoms with Crippen molar-refractivity contribution in [1.82, 2.24) is 9.55 Å². The van der Waals surface area contributed by atoms with Crippen LogP contribution in [0.15, 0.2) is 23.0 Å². The Balaban J connectivity index is 2.67. The number of halogens is 1. The fourth-order valence-electron chi connectivity index (χ4n) is 1.81. The second kappa shape index (κ2) is 5.48. The highest BCUT2D eigenvalue weighted by molar-refractivity contribution is 6.31. The molecule has 0 atom stereocenters. The molecular weight excluding hydrogens is 254 g/mol. The molecule has 0 aliphatic carbocycles. The molecule has 2 rings (SSSR count). The maximum Gasteiger partial charge on any atom is 0.261 e. The third-order valence-corrected chi connectivity index (χ3v) is 2.93. The maximum absolute atomic E-state index is 12.3. The van der Waals surface area contributed by atoms with Gasteiger partial charge in [0.2, 0.25) is 0 Å². The Morgan fingerprint density at radius 1 is 1.50 bits per heavy atom. The third kappa shape index (κ3) is 2.38.